The molecule has 0 aliphatic carbocycles. The van der Waals surface area contributed by atoms with E-state index in [4.69, 9.17) is 14.6 Å². The van der Waals surface area contributed by atoms with Gasteiger partial charge in [0.1, 0.15) is 6.04 Å². The first-order valence-electron chi connectivity index (χ1n) is 6.34. The Morgan fingerprint density at radius 3 is 2.29 bits per heavy atom. The third kappa shape index (κ3) is 10.2. The van der Waals surface area contributed by atoms with E-state index in [1.54, 1.807) is 0 Å². The number of hydrogen-bond donors (Lipinski definition) is 2. The van der Waals surface area contributed by atoms with Gasteiger partial charge in [0.2, 0.25) is 0 Å². The molecule has 0 aliphatic heterocycles. The summed E-state index contributed by atoms with van der Waals surface area (Å²) in [5.74, 6) is -0.815. The number of carbonyl (C=O) groups is 1. The predicted molar refractivity (Wildman–Crippen MR) is 66.3 cm³/mol. The smallest absolute Gasteiger partial charge is 0.320 e. The van der Waals surface area contributed by atoms with Gasteiger partial charge < -0.3 is 19.9 Å². The van der Waals surface area contributed by atoms with E-state index in [2.05, 4.69) is 12.2 Å². The van der Waals surface area contributed by atoms with Crippen molar-refractivity contribution in [3.05, 3.63) is 0 Å². The second-order valence-corrected chi connectivity index (χ2v) is 3.86. The second-order valence-electron chi connectivity index (χ2n) is 3.86. The molecule has 0 fully saturated rings. The lowest BCUT2D eigenvalue weighted by molar-refractivity contribution is -0.140. The van der Waals surface area contributed by atoms with Gasteiger partial charge in [-0.1, -0.05) is 13.8 Å². The number of rotatable bonds is 12. The van der Waals surface area contributed by atoms with E-state index >= 15 is 0 Å². The summed E-state index contributed by atoms with van der Waals surface area (Å²) in [7, 11) is 0. The molecule has 1 unspecified atom stereocenters. The molecule has 0 radical (unpaired) electrons. The summed E-state index contributed by atoms with van der Waals surface area (Å²) in [5.41, 5.74) is 0. The van der Waals surface area contributed by atoms with Crippen molar-refractivity contribution in [3.63, 3.8) is 0 Å². The third-order valence-corrected chi connectivity index (χ3v) is 2.21. The maximum Gasteiger partial charge on any atom is 0.320 e. The van der Waals surface area contributed by atoms with Gasteiger partial charge in [0, 0.05) is 13.2 Å². The van der Waals surface area contributed by atoms with Gasteiger partial charge >= 0.3 is 5.97 Å². The predicted octanol–water partition coefficient (Wildman–Crippen LogP) is 1.27. The van der Waals surface area contributed by atoms with Crippen LogP contribution in [0.15, 0.2) is 0 Å². The zero-order valence-electron chi connectivity index (χ0n) is 10.9. The average molecular weight is 247 g/mol. The summed E-state index contributed by atoms with van der Waals surface area (Å²) in [4.78, 5) is 10.9. The highest BCUT2D eigenvalue weighted by Crippen LogP contribution is 1.94. The molecule has 5 nitrogen and oxygen atoms in total. The first-order valence-corrected chi connectivity index (χ1v) is 6.34. The van der Waals surface area contributed by atoms with Crippen molar-refractivity contribution in [2.45, 2.75) is 39.2 Å². The molecule has 0 aromatic rings. The molecule has 102 valence electrons. The summed E-state index contributed by atoms with van der Waals surface area (Å²) in [6.07, 6.45) is 2.42. The van der Waals surface area contributed by atoms with Crippen molar-refractivity contribution < 1.29 is 19.4 Å². The molecular weight excluding hydrogens is 222 g/mol. The molecule has 0 bridgehead atoms. The van der Waals surface area contributed by atoms with Gasteiger partial charge in [-0.2, -0.15) is 0 Å². The summed E-state index contributed by atoms with van der Waals surface area (Å²) >= 11 is 0. The Kier molecular flexibility index (Phi) is 11.4. The topological polar surface area (TPSA) is 67.8 Å². The summed E-state index contributed by atoms with van der Waals surface area (Å²) in [6, 6.07) is -0.508. The molecule has 0 aliphatic rings. The lowest BCUT2D eigenvalue weighted by Crippen LogP contribution is -2.38. The van der Waals surface area contributed by atoms with Gasteiger partial charge in [-0.25, -0.2) is 0 Å². The van der Waals surface area contributed by atoms with E-state index in [0.717, 1.165) is 26.0 Å². The second kappa shape index (κ2) is 11.8. The molecule has 17 heavy (non-hydrogen) atoms. The number of aliphatic carboxylic acids is 1. The van der Waals surface area contributed by atoms with Crippen LogP contribution in [0.25, 0.3) is 0 Å². The van der Waals surface area contributed by atoms with E-state index in [1.807, 2.05) is 6.92 Å². The normalized spacial score (nSPS) is 12.6. The van der Waals surface area contributed by atoms with E-state index in [-0.39, 0.29) is 0 Å². The Bertz CT molecular complexity index is 187. The van der Waals surface area contributed by atoms with Gasteiger partial charge in [0.15, 0.2) is 0 Å². The van der Waals surface area contributed by atoms with Gasteiger partial charge in [-0.05, 0) is 25.8 Å². The maximum atomic E-state index is 10.9. The molecule has 0 spiro atoms. The van der Waals surface area contributed by atoms with E-state index < -0.39 is 12.0 Å². The quantitative estimate of drug-likeness (QED) is 0.508. The van der Waals surface area contributed by atoms with Crippen LogP contribution in [-0.4, -0.2) is 50.1 Å². The highest BCUT2D eigenvalue weighted by Gasteiger charge is 2.15. The Morgan fingerprint density at radius 2 is 1.76 bits per heavy atom. The average Bonchev–Trinajstić information content (AvgIpc) is 2.31. The van der Waals surface area contributed by atoms with Gasteiger partial charge in [0.05, 0.1) is 13.2 Å². The van der Waals surface area contributed by atoms with Crippen LogP contribution in [0, 0.1) is 0 Å². The van der Waals surface area contributed by atoms with Crippen molar-refractivity contribution in [1.82, 2.24) is 5.32 Å². The van der Waals surface area contributed by atoms with Crippen molar-refractivity contribution in [2.24, 2.45) is 0 Å². The Labute approximate surface area is 103 Å². The first kappa shape index (κ1) is 16.4. The Balaban J connectivity index is 3.44. The highest BCUT2D eigenvalue weighted by atomic mass is 16.5. The van der Waals surface area contributed by atoms with Crippen molar-refractivity contribution in [2.75, 3.05) is 33.0 Å². The standard InChI is InChI=1S/C12H25NO4/c1-3-6-13-11(12(14)15)5-8-17-10-9-16-7-4-2/h11,13H,3-10H2,1-2H3,(H,14,15). The molecule has 0 heterocycles. The minimum absolute atomic E-state index is 0.448. The molecule has 2 N–H and O–H groups in total. The monoisotopic (exact) mass is 247 g/mol. The molecule has 0 aromatic heterocycles. The molecule has 0 rings (SSSR count). The number of hydrogen-bond acceptors (Lipinski definition) is 4. The minimum atomic E-state index is -0.815. The van der Waals surface area contributed by atoms with Crippen molar-refractivity contribution in [1.29, 1.82) is 0 Å². The fraction of sp³-hybridized carbons (Fsp3) is 0.917. The maximum absolute atomic E-state index is 10.9. The van der Waals surface area contributed by atoms with E-state index in [0.29, 0.717) is 26.2 Å². The van der Waals surface area contributed by atoms with Gasteiger partial charge in [-0.15, -0.1) is 0 Å². The number of carboxylic acid groups (broad SMARTS) is 1. The van der Waals surface area contributed by atoms with Crippen LogP contribution >= 0.6 is 0 Å². The zero-order valence-corrected chi connectivity index (χ0v) is 10.9. The van der Waals surface area contributed by atoms with Crippen LogP contribution in [0.4, 0.5) is 0 Å². The fourth-order valence-electron chi connectivity index (χ4n) is 1.30. The summed E-state index contributed by atoms with van der Waals surface area (Å²) < 4.78 is 10.6. The molecule has 0 amide bonds. The van der Waals surface area contributed by atoms with Crippen LogP contribution in [0.3, 0.4) is 0 Å². The molecule has 0 aromatic carbocycles. The highest BCUT2D eigenvalue weighted by molar-refractivity contribution is 5.73. The van der Waals surface area contributed by atoms with Crippen LogP contribution in [0.5, 0.6) is 0 Å². The molecule has 5 heteroatoms. The van der Waals surface area contributed by atoms with Crippen molar-refractivity contribution >= 4 is 5.97 Å². The lowest BCUT2D eigenvalue weighted by atomic mass is 10.2. The SMILES string of the molecule is CCCNC(CCOCCOCCC)C(=O)O. The number of nitrogens with one attached hydrogen (secondary N) is 1. The van der Waals surface area contributed by atoms with Gasteiger partial charge in [0.25, 0.3) is 0 Å². The molecule has 0 saturated heterocycles. The summed E-state index contributed by atoms with van der Waals surface area (Å²) in [5, 5.41) is 11.9. The zero-order chi connectivity index (χ0) is 12.9. The number of ether oxygens (including phenoxy) is 2. The Morgan fingerprint density at radius 1 is 1.12 bits per heavy atom. The van der Waals surface area contributed by atoms with E-state index in [1.165, 1.54) is 0 Å². The first-order chi connectivity index (χ1) is 8.22. The van der Waals surface area contributed by atoms with Gasteiger partial charge in [-0.3, -0.25) is 4.79 Å². The Hall–Kier alpha value is -0.650. The van der Waals surface area contributed by atoms with E-state index in [9.17, 15) is 4.79 Å². The molecule has 0 saturated carbocycles. The van der Waals surface area contributed by atoms with Crippen LogP contribution in [0.1, 0.15) is 33.1 Å². The fourth-order valence-corrected chi connectivity index (χ4v) is 1.30. The lowest BCUT2D eigenvalue weighted by Gasteiger charge is -2.13. The summed E-state index contributed by atoms with van der Waals surface area (Å²) in [6.45, 7) is 7.08. The number of carboxylic acids is 1. The molecule has 1 atom stereocenters. The molecular formula is C12H25NO4. The van der Waals surface area contributed by atoms with Crippen LogP contribution in [-0.2, 0) is 14.3 Å². The largest absolute Gasteiger partial charge is 0.480 e. The third-order valence-electron chi connectivity index (χ3n) is 2.21. The van der Waals surface area contributed by atoms with Crippen molar-refractivity contribution in [3.8, 4) is 0 Å². The van der Waals surface area contributed by atoms with Crippen LogP contribution in [0.2, 0.25) is 0 Å². The van der Waals surface area contributed by atoms with Crippen LogP contribution < -0.4 is 5.32 Å². The minimum Gasteiger partial charge on any atom is -0.480 e.